The van der Waals surface area contributed by atoms with Crippen LogP contribution in [0.3, 0.4) is 0 Å². The zero-order valence-corrected chi connectivity index (χ0v) is 18.2. The second-order valence-corrected chi connectivity index (χ2v) is 9.38. The minimum atomic E-state index is 0.424. The number of ketones is 1. The van der Waals surface area contributed by atoms with E-state index in [0.29, 0.717) is 40.3 Å². The van der Waals surface area contributed by atoms with Gasteiger partial charge in [-0.2, -0.15) is 0 Å². The van der Waals surface area contributed by atoms with Crippen molar-refractivity contribution in [3.8, 4) is 0 Å². The van der Waals surface area contributed by atoms with Crippen LogP contribution in [0, 0.1) is 40.4 Å². The molecule has 0 amide bonds. The summed E-state index contributed by atoms with van der Waals surface area (Å²) in [6.07, 6.45) is 11.8. The highest BCUT2D eigenvalue weighted by Crippen LogP contribution is 2.66. The molecule has 0 aromatic carbocycles. The lowest BCUT2D eigenvalue weighted by Crippen LogP contribution is -2.56. The smallest absolute Gasteiger partial charge is 0.136 e. The zero-order chi connectivity index (χ0) is 18.8. The molecule has 0 saturated heterocycles. The van der Waals surface area contributed by atoms with Gasteiger partial charge in [0.05, 0.1) is 0 Å². The monoisotopic (exact) mass is 348 g/mol. The van der Waals surface area contributed by atoms with Crippen molar-refractivity contribution in [1.82, 2.24) is 0 Å². The molecule has 0 aliphatic heterocycles. The number of hydrogen-bond acceptors (Lipinski definition) is 1. The van der Waals surface area contributed by atoms with E-state index in [9.17, 15) is 4.79 Å². The van der Waals surface area contributed by atoms with Gasteiger partial charge in [0.15, 0.2) is 0 Å². The summed E-state index contributed by atoms with van der Waals surface area (Å²) in [4.78, 5) is 13.0. The van der Waals surface area contributed by atoms with Crippen molar-refractivity contribution < 1.29 is 4.79 Å². The van der Waals surface area contributed by atoms with Gasteiger partial charge in [-0.25, -0.2) is 0 Å². The van der Waals surface area contributed by atoms with Crippen molar-refractivity contribution in [2.45, 2.75) is 106 Å². The minimum Gasteiger partial charge on any atom is -0.299 e. The molecule has 1 nitrogen and oxygen atoms in total. The van der Waals surface area contributed by atoms with E-state index in [1.807, 2.05) is 27.7 Å². The summed E-state index contributed by atoms with van der Waals surface area (Å²) in [6, 6.07) is 0. The lowest BCUT2D eigenvalue weighted by Gasteiger charge is -2.59. The van der Waals surface area contributed by atoms with E-state index in [-0.39, 0.29) is 0 Å². The molecular formula is C24H44O. The Bertz CT molecular complexity index is 455. The molecule has 0 aromatic heterocycles. The van der Waals surface area contributed by atoms with Crippen LogP contribution in [0.4, 0.5) is 0 Å². The molecule has 1 heteroatoms. The highest BCUT2D eigenvalue weighted by atomic mass is 16.1. The number of carbonyl (C=O) groups excluding carboxylic acids is 1. The van der Waals surface area contributed by atoms with Crippen LogP contribution in [0.1, 0.15) is 106 Å². The van der Waals surface area contributed by atoms with Gasteiger partial charge in [-0.3, -0.25) is 4.79 Å². The van der Waals surface area contributed by atoms with Crippen LogP contribution in [0.25, 0.3) is 0 Å². The maximum absolute atomic E-state index is 13.0. The van der Waals surface area contributed by atoms with Crippen LogP contribution in [-0.2, 0) is 4.79 Å². The second kappa shape index (κ2) is 8.13. The van der Waals surface area contributed by atoms with Crippen molar-refractivity contribution in [3.05, 3.63) is 0 Å². The fourth-order valence-corrected chi connectivity index (χ4v) is 7.22. The fraction of sp³-hybridized carbons (Fsp3) is 0.958. The molecule has 4 aliphatic rings. The second-order valence-electron chi connectivity index (χ2n) is 9.38. The van der Waals surface area contributed by atoms with Gasteiger partial charge in [-0.05, 0) is 73.0 Å². The molecule has 4 fully saturated rings. The predicted molar refractivity (Wildman–Crippen MR) is 109 cm³/mol. The predicted octanol–water partition coefficient (Wildman–Crippen LogP) is 7.29. The molecule has 0 N–H and O–H groups in total. The van der Waals surface area contributed by atoms with Crippen molar-refractivity contribution in [2.24, 2.45) is 40.4 Å². The van der Waals surface area contributed by atoms with E-state index in [2.05, 4.69) is 20.8 Å². The lowest BCUT2D eigenvalue weighted by atomic mass is 9.44. The van der Waals surface area contributed by atoms with Gasteiger partial charge >= 0.3 is 0 Å². The Kier molecular flexibility index (Phi) is 6.83. The first kappa shape index (κ1) is 21.0. The topological polar surface area (TPSA) is 17.1 Å². The van der Waals surface area contributed by atoms with E-state index in [4.69, 9.17) is 0 Å². The lowest BCUT2D eigenvalue weighted by molar-refractivity contribution is -0.155. The number of Topliss-reactive ketones (excluding diaryl/α,β-unsaturated/α-hetero) is 1. The molecule has 0 heterocycles. The standard InChI is InChI=1S/C20H32O.2C2H6/c1-13-7-8-15-18-16(9-11-19(13,15)2)20(3)10-5-4-6-14(20)12-17(18)21;2*1-2/h13-16,18H,4-12H2,1-3H3;2*1-2H3. The maximum Gasteiger partial charge on any atom is 0.136 e. The van der Waals surface area contributed by atoms with Gasteiger partial charge in [-0.15, -0.1) is 0 Å². The van der Waals surface area contributed by atoms with Gasteiger partial charge in [0.25, 0.3) is 0 Å². The Hall–Kier alpha value is -0.330. The Labute approximate surface area is 157 Å². The zero-order valence-electron chi connectivity index (χ0n) is 18.2. The van der Waals surface area contributed by atoms with Crippen LogP contribution in [-0.4, -0.2) is 5.78 Å². The van der Waals surface area contributed by atoms with Gasteiger partial charge in [0, 0.05) is 12.3 Å². The van der Waals surface area contributed by atoms with Crippen molar-refractivity contribution in [1.29, 1.82) is 0 Å². The molecule has 0 radical (unpaired) electrons. The Morgan fingerprint density at radius 1 is 0.800 bits per heavy atom. The molecule has 146 valence electrons. The first-order valence-electron chi connectivity index (χ1n) is 11.5. The molecular weight excluding hydrogens is 304 g/mol. The van der Waals surface area contributed by atoms with E-state index in [0.717, 1.165) is 12.3 Å². The summed E-state index contributed by atoms with van der Waals surface area (Å²) < 4.78 is 0. The summed E-state index contributed by atoms with van der Waals surface area (Å²) in [7, 11) is 0. The Balaban J connectivity index is 0.000000528. The van der Waals surface area contributed by atoms with Gasteiger partial charge in [-0.1, -0.05) is 61.3 Å². The SMILES string of the molecule is CC.CC.CC1CCC2C3C(=O)CC4CCCCC4(C)C3CCC12C. The molecule has 4 aliphatic carbocycles. The van der Waals surface area contributed by atoms with Crippen LogP contribution in [0.15, 0.2) is 0 Å². The first-order valence-corrected chi connectivity index (χ1v) is 11.5. The number of fused-ring (bicyclic) bond motifs is 5. The third-order valence-electron chi connectivity index (χ3n) is 8.86. The minimum absolute atomic E-state index is 0.424. The highest BCUT2D eigenvalue weighted by Gasteiger charge is 2.61. The normalized spacial score (nSPS) is 48.0. The number of rotatable bonds is 0. The molecule has 0 aromatic rings. The third kappa shape index (κ3) is 3.23. The Morgan fingerprint density at radius 3 is 2.12 bits per heavy atom. The summed E-state index contributed by atoms with van der Waals surface area (Å²) in [5.41, 5.74) is 0.957. The maximum atomic E-state index is 13.0. The summed E-state index contributed by atoms with van der Waals surface area (Å²) in [6.45, 7) is 15.5. The van der Waals surface area contributed by atoms with E-state index in [1.165, 1.54) is 51.4 Å². The largest absolute Gasteiger partial charge is 0.299 e. The average molecular weight is 349 g/mol. The van der Waals surface area contributed by atoms with Crippen molar-refractivity contribution >= 4 is 5.78 Å². The van der Waals surface area contributed by atoms with Crippen LogP contribution in [0.2, 0.25) is 0 Å². The Morgan fingerprint density at radius 2 is 1.44 bits per heavy atom. The molecule has 0 spiro atoms. The van der Waals surface area contributed by atoms with Crippen molar-refractivity contribution in [3.63, 3.8) is 0 Å². The molecule has 25 heavy (non-hydrogen) atoms. The van der Waals surface area contributed by atoms with Gasteiger partial charge in [0.2, 0.25) is 0 Å². The van der Waals surface area contributed by atoms with Crippen LogP contribution in [0.5, 0.6) is 0 Å². The first-order chi connectivity index (χ1) is 12.0. The fourth-order valence-electron chi connectivity index (χ4n) is 7.22. The third-order valence-corrected chi connectivity index (χ3v) is 8.86. The van der Waals surface area contributed by atoms with E-state index < -0.39 is 0 Å². The quantitative estimate of drug-likeness (QED) is 0.449. The van der Waals surface area contributed by atoms with E-state index in [1.54, 1.807) is 0 Å². The molecule has 7 unspecified atom stereocenters. The number of carbonyl (C=O) groups is 1. The summed E-state index contributed by atoms with van der Waals surface area (Å²) in [5.74, 6) is 4.05. The van der Waals surface area contributed by atoms with Crippen LogP contribution >= 0.6 is 0 Å². The highest BCUT2D eigenvalue weighted by molar-refractivity contribution is 5.83. The molecule has 7 atom stereocenters. The average Bonchev–Trinajstić information content (AvgIpc) is 2.94. The summed E-state index contributed by atoms with van der Waals surface area (Å²) in [5, 5.41) is 0. The molecule has 4 saturated carbocycles. The van der Waals surface area contributed by atoms with Gasteiger partial charge < -0.3 is 0 Å². The van der Waals surface area contributed by atoms with Crippen LogP contribution < -0.4 is 0 Å². The van der Waals surface area contributed by atoms with E-state index >= 15 is 0 Å². The summed E-state index contributed by atoms with van der Waals surface area (Å²) >= 11 is 0. The van der Waals surface area contributed by atoms with Gasteiger partial charge in [0.1, 0.15) is 5.78 Å². The number of hydrogen-bond donors (Lipinski definition) is 0. The molecule has 0 bridgehead atoms. The molecule has 4 rings (SSSR count). The van der Waals surface area contributed by atoms with Crippen molar-refractivity contribution in [2.75, 3.05) is 0 Å².